The van der Waals surface area contributed by atoms with Gasteiger partial charge in [-0.15, -0.1) is 0 Å². The van der Waals surface area contributed by atoms with E-state index < -0.39 is 0 Å². The molecule has 3 atom stereocenters. The molecule has 3 rings (SSSR count). The first-order valence-corrected chi connectivity index (χ1v) is 6.25. The third kappa shape index (κ3) is 1.56. The lowest BCUT2D eigenvalue weighted by Gasteiger charge is -2.18. The van der Waals surface area contributed by atoms with Gasteiger partial charge in [-0.25, -0.2) is 0 Å². The zero-order valence-electron chi connectivity index (χ0n) is 10.3. The third-order valence-corrected chi connectivity index (χ3v) is 3.97. The third-order valence-electron chi connectivity index (χ3n) is 3.97. The van der Waals surface area contributed by atoms with Crippen molar-refractivity contribution >= 4 is 0 Å². The molecule has 2 aliphatic rings. The fourth-order valence-corrected chi connectivity index (χ4v) is 2.91. The van der Waals surface area contributed by atoms with E-state index in [0.717, 1.165) is 17.8 Å². The van der Waals surface area contributed by atoms with Gasteiger partial charge in [0.05, 0.1) is 0 Å². The van der Waals surface area contributed by atoms with Crippen LogP contribution in [0.4, 0.5) is 0 Å². The van der Waals surface area contributed by atoms with E-state index in [1.165, 1.54) is 24.5 Å². The second-order valence-corrected chi connectivity index (χ2v) is 6.21. The Morgan fingerprint density at radius 2 is 1.88 bits per heavy atom. The predicted molar refractivity (Wildman–Crippen MR) is 65.5 cm³/mol. The van der Waals surface area contributed by atoms with E-state index in [4.69, 9.17) is 4.98 Å². The highest BCUT2D eigenvalue weighted by Crippen LogP contribution is 2.55. The highest BCUT2D eigenvalue weighted by Gasteiger charge is 2.54. The Labute approximate surface area is 97.5 Å². The summed E-state index contributed by atoms with van der Waals surface area (Å²) in [5.74, 6) is 2.47. The minimum Gasteiger partial charge on any atom is -0.316 e. The number of rotatable bonds is 1. The molecule has 2 nitrogen and oxygen atoms in total. The largest absolute Gasteiger partial charge is 0.316 e. The van der Waals surface area contributed by atoms with Crippen LogP contribution in [0.25, 0.3) is 0 Å². The minimum atomic E-state index is 0.165. The lowest BCUT2D eigenvalue weighted by molar-refractivity contribution is 0.562. The summed E-state index contributed by atoms with van der Waals surface area (Å²) in [6.07, 6.45) is 0. The number of hydrogen-bond donors (Lipinski definition) is 1. The van der Waals surface area contributed by atoms with Crippen molar-refractivity contribution in [3.05, 3.63) is 29.6 Å². The van der Waals surface area contributed by atoms with Gasteiger partial charge in [0.1, 0.15) is 0 Å². The number of nitrogens with one attached hydrogen (secondary N) is 1. The molecule has 2 heterocycles. The zero-order chi connectivity index (χ0) is 11.3. The van der Waals surface area contributed by atoms with Crippen molar-refractivity contribution < 1.29 is 0 Å². The van der Waals surface area contributed by atoms with Crippen LogP contribution in [-0.2, 0) is 5.41 Å². The molecule has 1 aromatic rings. The van der Waals surface area contributed by atoms with E-state index in [1.54, 1.807) is 0 Å². The van der Waals surface area contributed by atoms with Gasteiger partial charge in [0.2, 0.25) is 0 Å². The van der Waals surface area contributed by atoms with E-state index >= 15 is 0 Å². The van der Waals surface area contributed by atoms with E-state index in [1.807, 2.05) is 0 Å². The summed E-state index contributed by atoms with van der Waals surface area (Å²) < 4.78 is 0. The van der Waals surface area contributed by atoms with Crippen LogP contribution in [0.3, 0.4) is 0 Å². The smallest absolute Gasteiger partial charge is 0.0460 e. The summed E-state index contributed by atoms with van der Waals surface area (Å²) >= 11 is 0. The molecule has 1 aliphatic heterocycles. The van der Waals surface area contributed by atoms with Crippen LogP contribution in [0.15, 0.2) is 18.2 Å². The van der Waals surface area contributed by atoms with Crippen LogP contribution in [-0.4, -0.2) is 18.1 Å². The van der Waals surface area contributed by atoms with Gasteiger partial charge >= 0.3 is 0 Å². The standard InChI is InChI=1S/C14H20N2/c1-14(2,3)12-6-4-5-11(16-12)13-9-7-15-8-10(9)13/h4-6,9-10,13,15H,7-8H2,1-3H3/t9-,10+,13-. The Kier molecular flexibility index (Phi) is 2.12. The van der Waals surface area contributed by atoms with Crippen LogP contribution in [0.1, 0.15) is 38.1 Å². The van der Waals surface area contributed by atoms with Crippen molar-refractivity contribution in [2.45, 2.75) is 32.1 Å². The van der Waals surface area contributed by atoms with Crippen LogP contribution >= 0.6 is 0 Å². The second-order valence-electron chi connectivity index (χ2n) is 6.21. The molecule has 1 saturated heterocycles. The minimum absolute atomic E-state index is 0.165. The molecule has 1 N–H and O–H groups in total. The zero-order valence-corrected chi connectivity index (χ0v) is 10.3. The molecular weight excluding hydrogens is 196 g/mol. The molecule has 16 heavy (non-hydrogen) atoms. The molecule has 0 amide bonds. The number of pyridine rings is 1. The summed E-state index contributed by atoms with van der Waals surface area (Å²) in [7, 11) is 0. The SMILES string of the molecule is CC(C)(C)c1cccc([C@@H]2[C@@H]3CNC[C@@H]32)n1. The summed E-state index contributed by atoms with van der Waals surface area (Å²) in [6, 6.07) is 6.53. The fraction of sp³-hybridized carbons (Fsp3) is 0.643. The monoisotopic (exact) mass is 216 g/mol. The van der Waals surface area contributed by atoms with Crippen molar-refractivity contribution in [2.75, 3.05) is 13.1 Å². The van der Waals surface area contributed by atoms with Crippen molar-refractivity contribution in [3.63, 3.8) is 0 Å². The normalized spacial score (nSPS) is 32.6. The van der Waals surface area contributed by atoms with Gasteiger partial charge in [-0.3, -0.25) is 4.98 Å². The van der Waals surface area contributed by atoms with Crippen LogP contribution in [0.2, 0.25) is 0 Å². The van der Waals surface area contributed by atoms with E-state index in [2.05, 4.69) is 44.3 Å². The molecule has 0 bridgehead atoms. The Bertz CT molecular complexity index is 395. The lowest BCUT2D eigenvalue weighted by Crippen LogP contribution is -2.17. The number of piperidine rings is 1. The van der Waals surface area contributed by atoms with Crippen LogP contribution < -0.4 is 5.32 Å². The van der Waals surface area contributed by atoms with Crippen molar-refractivity contribution in [1.82, 2.24) is 10.3 Å². The molecule has 2 fully saturated rings. The maximum atomic E-state index is 4.86. The average molecular weight is 216 g/mol. The molecule has 0 radical (unpaired) electrons. The topological polar surface area (TPSA) is 24.9 Å². The van der Waals surface area contributed by atoms with Crippen LogP contribution in [0.5, 0.6) is 0 Å². The van der Waals surface area contributed by atoms with Gasteiger partial charge in [0, 0.05) is 22.7 Å². The molecule has 0 unspecified atom stereocenters. The van der Waals surface area contributed by atoms with Gasteiger partial charge < -0.3 is 5.32 Å². The molecule has 0 aromatic carbocycles. The Morgan fingerprint density at radius 3 is 2.50 bits per heavy atom. The molecule has 1 aromatic heterocycles. The van der Waals surface area contributed by atoms with Gasteiger partial charge in [0.15, 0.2) is 0 Å². The van der Waals surface area contributed by atoms with Crippen molar-refractivity contribution in [1.29, 1.82) is 0 Å². The first-order chi connectivity index (χ1) is 7.57. The second kappa shape index (κ2) is 3.30. The van der Waals surface area contributed by atoms with E-state index in [9.17, 15) is 0 Å². The van der Waals surface area contributed by atoms with Gasteiger partial charge in [-0.2, -0.15) is 0 Å². The maximum absolute atomic E-state index is 4.86. The number of hydrogen-bond acceptors (Lipinski definition) is 2. The molecular formula is C14H20N2. The molecule has 2 heteroatoms. The molecule has 86 valence electrons. The fourth-order valence-electron chi connectivity index (χ4n) is 2.91. The first kappa shape index (κ1) is 10.3. The molecule has 1 saturated carbocycles. The Hall–Kier alpha value is -0.890. The maximum Gasteiger partial charge on any atom is 0.0460 e. The number of aromatic nitrogens is 1. The predicted octanol–water partition coefficient (Wildman–Crippen LogP) is 2.31. The summed E-state index contributed by atoms with van der Waals surface area (Å²) in [5, 5.41) is 3.44. The number of nitrogens with zero attached hydrogens (tertiary/aromatic N) is 1. The van der Waals surface area contributed by atoms with Gasteiger partial charge in [-0.1, -0.05) is 26.8 Å². The highest BCUT2D eigenvalue weighted by molar-refractivity contribution is 5.27. The van der Waals surface area contributed by atoms with Gasteiger partial charge in [-0.05, 0) is 37.1 Å². The lowest BCUT2D eigenvalue weighted by atomic mass is 9.91. The molecule has 1 aliphatic carbocycles. The average Bonchev–Trinajstić information content (AvgIpc) is 2.72. The van der Waals surface area contributed by atoms with Crippen molar-refractivity contribution in [3.8, 4) is 0 Å². The highest BCUT2D eigenvalue weighted by atomic mass is 15.0. The first-order valence-electron chi connectivity index (χ1n) is 6.25. The quantitative estimate of drug-likeness (QED) is 0.779. The molecule has 0 spiro atoms. The van der Waals surface area contributed by atoms with E-state index in [0.29, 0.717) is 0 Å². The van der Waals surface area contributed by atoms with E-state index in [-0.39, 0.29) is 5.41 Å². The van der Waals surface area contributed by atoms with Crippen LogP contribution in [0, 0.1) is 11.8 Å². The summed E-state index contributed by atoms with van der Waals surface area (Å²) in [5.41, 5.74) is 2.71. The Morgan fingerprint density at radius 1 is 1.19 bits per heavy atom. The summed E-state index contributed by atoms with van der Waals surface area (Å²) in [4.78, 5) is 4.86. The van der Waals surface area contributed by atoms with Gasteiger partial charge in [0.25, 0.3) is 0 Å². The summed E-state index contributed by atoms with van der Waals surface area (Å²) in [6.45, 7) is 9.07. The van der Waals surface area contributed by atoms with Crippen molar-refractivity contribution in [2.24, 2.45) is 11.8 Å². The Balaban J connectivity index is 1.87. The number of fused-ring (bicyclic) bond motifs is 1.